The third-order valence-electron chi connectivity index (χ3n) is 3.95. The molecular weight excluding hydrogens is 326 g/mol. The fraction of sp³-hybridized carbons (Fsp3) is 0.176. The highest BCUT2D eigenvalue weighted by Crippen LogP contribution is 2.21. The molecule has 0 N–H and O–H groups in total. The fourth-order valence-electron chi connectivity index (χ4n) is 2.36. The van der Waals surface area contributed by atoms with Crippen LogP contribution >= 0.6 is 11.3 Å². The number of carbonyl (C=O) groups excluding carboxylic acids is 1. The van der Waals surface area contributed by atoms with Crippen LogP contribution in [-0.4, -0.2) is 15.4 Å². The predicted molar refractivity (Wildman–Crippen MR) is 93.3 cm³/mol. The Hall–Kier alpha value is -2.80. The minimum absolute atomic E-state index is 0.0510. The molecule has 7 heteroatoms. The van der Waals surface area contributed by atoms with E-state index in [2.05, 4.69) is 17.1 Å². The van der Waals surface area contributed by atoms with Gasteiger partial charge in [-0.25, -0.2) is 0 Å². The van der Waals surface area contributed by atoms with Gasteiger partial charge >= 0.3 is 0 Å². The van der Waals surface area contributed by atoms with Gasteiger partial charge in [-0.2, -0.15) is 4.99 Å². The Kier molecular flexibility index (Phi) is 4.02. The predicted octanol–water partition coefficient (Wildman–Crippen LogP) is 3.51. The Balaban J connectivity index is 2.04. The summed E-state index contributed by atoms with van der Waals surface area (Å²) in [5.74, 6) is -0.416. The lowest BCUT2D eigenvalue weighted by molar-refractivity contribution is -0.384. The summed E-state index contributed by atoms with van der Waals surface area (Å²) in [7, 11) is 1.87. The zero-order valence-electron chi connectivity index (χ0n) is 13.4. The standard InChI is InChI=1S/C17H15N3O3S/c1-10-8-14-15(9-11(10)2)24-17(19(14)3)18-16(21)12-4-6-13(7-5-12)20(22)23/h4-9H,1-3H3. The van der Waals surface area contributed by atoms with Crippen LogP contribution in [0.1, 0.15) is 21.5 Å². The van der Waals surface area contributed by atoms with Crippen LogP contribution in [0.2, 0.25) is 0 Å². The highest BCUT2D eigenvalue weighted by Gasteiger charge is 2.10. The average Bonchev–Trinajstić information content (AvgIpc) is 2.84. The molecule has 0 fully saturated rings. The van der Waals surface area contributed by atoms with Crippen LogP contribution in [-0.2, 0) is 7.05 Å². The summed E-state index contributed by atoms with van der Waals surface area (Å²) in [5.41, 5.74) is 3.68. The third-order valence-corrected chi connectivity index (χ3v) is 5.04. The molecule has 0 unspecified atom stereocenters. The van der Waals surface area contributed by atoms with Crippen LogP contribution < -0.4 is 4.80 Å². The first-order valence-corrected chi connectivity index (χ1v) is 8.09. The number of nitro groups is 1. The lowest BCUT2D eigenvalue weighted by Crippen LogP contribution is -2.13. The van der Waals surface area contributed by atoms with Crippen LogP contribution in [0, 0.1) is 24.0 Å². The number of rotatable bonds is 2. The molecular formula is C17H15N3O3S. The van der Waals surface area contributed by atoms with Crippen LogP contribution in [0.25, 0.3) is 10.2 Å². The van der Waals surface area contributed by atoms with Crippen LogP contribution in [0.3, 0.4) is 0 Å². The maximum absolute atomic E-state index is 12.3. The zero-order valence-corrected chi connectivity index (χ0v) is 14.3. The number of amides is 1. The van der Waals surface area contributed by atoms with Crippen LogP contribution in [0.4, 0.5) is 5.69 Å². The number of nitrogens with zero attached hydrogens (tertiary/aromatic N) is 3. The van der Waals surface area contributed by atoms with Crippen molar-refractivity contribution in [1.29, 1.82) is 0 Å². The van der Waals surface area contributed by atoms with Gasteiger partial charge in [0.15, 0.2) is 4.80 Å². The smallest absolute Gasteiger partial charge is 0.279 e. The number of benzene rings is 2. The number of non-ortho nitro benzene ring substituents is 1. The van der Waals surface area contributed by atoms with Crippen LogP contribution in [0.5, 0.6) is 0 Å². The molecule has 1 amide bonds. The Morgan fingerprint density at radius 3 is 2.42 bits per heavy atom. The van der Waals surface area contributed by atoms with Crippen molar-refractivity contribution in [1.82, 2.24) is 4.57 Å². The number of aromatic nitrogens is 1. The lowest BCUT2D eigenvalue weighted by Gasteiger charge is -2.00. The van der Waals surface area contributed by atoms with Crippen molar-refractivity contribution in [3.63, 3.8) is 0 Å². The number of nitro benzene ring substituents is 1. The van der Waals surface area contributed by atoms with Gasteiger partial charge in [0.25, 0.3) is 11.6 Å². The van der Waals surface area contributed by atoms with Gasteiger partial charge in [0.1, 0.15) is 0 Å². The summed E-state index contributed by atoms with van der Waals surface area (Å²) in [6, 6.07) is 9.62. The monoisotopic (exact) mass is 341 g/mol. The van der Waals surface area contributed by atoms with Gasteiger partial charge in [-0.3, -0.25) is 14.9 Å². The molecule has 122 valence electrons. The maximum atomic E-state index is 12.3. The summed E-state index contributed by atoms with van der Waals surface area (Å²) in [6.07, 6.45) is 0. The molecule has 0 aliphatic carbocycles. The first-order valence-electron chi connectivity index (χ1n) is 7.27. The minimum atomic E-state index is -0.498. The summed E-state index contributed by atoms with van der Waals surface area (Å²) < 4.78 is 2.95. The van der Waals surface area contributed by atoms with Gasteiger partial charge in [-0.15, -0.1) is 0 Å². The van der Waals surface area contributed by atoms with E-state index in [1.165, 1.54) is 46.7 Å². The van der Waals surface area contributed by atoms with Crippen molar-refractivity contribution >= 4 is 33.1 Å². The number of thiazole rings is 1. The second-order valence-corrected chi connectivity index (χ2v) is 6.58. The van der Waals surface area contributed by atoms with E-state index in [9.17, 15) is 14.9 Å². The van der Waals surface area contributed by atoms with Crippen molar-refractivity contribution in [3.05, 3.63) is 68.0 Å². The van der Waals surface area contributed by atoms with Crippen molar-refractivity contribution in [2.75, 3.05) is 0 Å². The molecule has 6 nitrogen and oxygen atoms in total. The molecule has 0 radical (unpaired) electrons. The van der Waals surface area contributed by atoms with E-state index in [1.807, 2.05) is 25.5 Å². The van der Waals surface area contributed by atoms with Crippen molar-refractivity contribution in [3.8, 4) is 0 Å². The third kappa shape index (κ3) is 2.85. The Morgan fingerprint density at radius 2 is 1.79 bits per heavy atom. The average molecular weight is 341 g/mol. The molecule has 0 spiro atoms. The van der Waals surface area contributed by atoms with Gasteiger partial charge in [0.05, 0.1) is 15.1 Å². The topological polar surface area (TPSA) is 77.5 Å². The molecule has 0 aliphatic heterocycles. The van der Waals surface area contributed by atoms with Gasteiger partial charge < -0.3 is 4.57 Å². The number of carbonyl (C=O) groups is 1. The quantitative estimate of drug-likeness (QED) is 0.528. The van der Waals surface area contributed by atoms with E-state index >= 15 is 0 Å². The maximum Gasteiger partial charge on any atom is 0.279 e. The summed E-state index contributed by atoms with van der Waals surface area (Å²) >= 11 is 1.45. The van der Waals surface area contributed by atoms with E-state index in [-0.39, 0.29) is 5.69 Å². The second-order valence-electron chi connectivity index (χ2n) is 5.57. The van der Waals surface area contributed by atoms with Gasteiger partial charge in [0, 0.05) is 24.7 Å². The van der Waals surface area contributed by atoms with Crippen molar-refractivity contribution in [2.45, 2.75) is 13.8 Å². The second kappa shape index (κ2) is 6.01. The van der Waals surface area contributed by atoms with E-state index < -0.39 is 10.8 Å². The molecule has 0 bridgehead atoms. The van der Waals surface area contributed by atoms with Gasteiger partial charge in [-0.05, 0) is 49.2 Å². The summed E-state index contributed by atoms with van der Waals surface area (Å²) in [6.45, 7) is 4.10. The Bertz CT molecular complexity index is 1030. The molecule has 3 aromatic rings. The molecule has 2 aromatic carbocycles. The van der Waals surface area contributed by atoms with Crippen LogP contribution in [0.15, 0.2) is 41.4 Å². The van der Waals surface area contributed by atoms with E-state index in [4.69, 9.17) is 0 Å². The Morgan fingerprint density at radius 1 is 1.17 bits per heavy atom. The van der Waals surface area contributed by atoms with Gasteiger partial charge in [0.2, 0.25) is 0 Å². The fourth-order valence-corrected chi connectivity index (χ4v) is 3.46. The van der Waals surface area contributed by atoms with Gasteiger partial charge in [-0.1, -0.05) is 11.3 Å². The Labute approximate surface area is 141 Å². The largest absolute Gasteiger partial charge is 0.319 e. The van der Waals surface area contributed by atoms with Crippen molar-refractivity contribution < 1.29 is 9.72 Å². The first-order chi connectivity index (χ1) is 11.4. The lowest BCUT2D eigenvalue weighted by atomic mass is 10.1. The number of hydrogen-bond donors (Lipinski definition) is 0. The number of fused-ring (bicyclic) bond motifs is 1. The van der Waals surface area contributed by atoms with E-state index in [0.717, 1.165) is 10.2 Å². The zero-order chi connectivity index (χ0) is 17.4. The highest BCUT2D eigenvalue weighted by molar-refractivity contribution is 7.16. The molecule has 1 heterocycles. The molecule has 1 aromatic heterocycles. The molecule has 0 saturated carbocycles. The number of hydrogen-bond acceptors (Lipinski definition) is 4. The number of aryl methyl sites for hydroxylation is 3. The SMILES string of the molecule is Cc1cc2sc(=NC(=O)c3ccc([N+](=O)[O-])cc3)n(C)c2cc1C. The summed E-state index contributed by atoms with van der Waals surface area (Å²) in [5, 5.41) is 10.7. The minimum Gasteiger partial charge on any atom is -0.319 e. The highest BCUT2D eigenvalue weighted by atomic mass is 32.1. The normalized spacial score (nSPS) is 11.9. The first kappa shape index (κ1) is 16.1. The van der Waals surface area contributed by atoms with E-state index in [0.29, 0.717) is 10.4 Å². The van der Waals surface area contributed by atoms with E-state index in [1.54, 1.807) is 0 Å². The molecule has 0 aliphatic rings. The molecule has 24 heavy (non-hydrogen) atoms. The molecule has 0 atom stereocenters. The molecule has 0 saturated heterocycles. The summed E-state index contributed by atoms with van der Waals surface area (Å²) in [4.78, 5) is 27.3. The molecule has 3 rings (SSSR count). The van der Waals surface area contributed by atoms with Crippen molar-refractivity contribution in [2.24, 2.45) is 12.0 Å².